The summed E-state index contributed by atoms with van der Waals surface area (Å²) in [6.07, 6.45) is 0. The molecule has 5 heteroatoms. The molecule has 16 aromatic rings. The average molecular weight is 1420 g/mol. The molecule has 2 heterocycles. The van der Waals surface area contributed by atoms with Gasteiger partial charge in [0.1, 0.15) is 0 Å². The predicted octanol–water partition coefficient (Wildman–Crippen LogP) is 27.2. The van der Waals surface area contributed by atoms with Crippen LogP contribution >= 0.6 is 0 Å². The number of anilines is 12. The van der Waals surface area contributed by atoms with Gasteiger partial charge in [0.05, 0.1) is 44.5 Å². The van der Waals surface area contributed by atoms with Crippen molar-refractivity contribution in [3.8, 4) is 55.6 Å². The fourth-order valence-corrected chi connectivity index (χ4v) is 15.9. The Hall–Kier alpha value is -12.7. The summed E-state index contributed by atoms with van der Waals surface area (Å²) < 4.78 is 188. The number of hydrogen-bond acceptors (Lipinski definition) is 4. The molecule has 0 fully saturated rings. The van der Waals surface area contributed by atoms with E-state index < -0.39 is 167 Å². The van der Waals surface area contributed by atoms with Crippen LogP contribution in [0.5, 0.6) is 0 Å². The molecule has 18 rings (SSSR count). The summed E-state index contributed by atoms with van der Waals surface area (Å²) in [4.78, 5) is 7.18. The van der Waals surface area contributed by atoms with Crippen LogP contribution in [0.25, 0.3) is 77.2 Å². The molecule has 0 atom stereocenters. The lowest BCUT2D eigenvalue weighted by Crippen LogP contribution is -2.61. The largest absolute Gasteiger partial charge is 0.310 e. The zero-order chi connectivity index (χ0) is 91.7. The first-order chi connectivity index (χ1) is 61.3. The van der Waals surface area contributed by atoms with Gasteiger partial charge in [-0.05, 0) is 196 Å². The van der Waals surface area contributed by atoms with Gasteiger partial charge in [0.15, 0.2) is 0 Å². The standard InChI is InChI=1S/C104H87BN4/c1-102(2,3)75-63-87(70-38-18-10-19-39-70)100(88(64-75)71-40-20-11-21-41-71)108-93-62-74(97-83-54-34-36-56-85(83)99(86-57-37-35-55-84(86)97)107(80-50-30-16-31-51-80)81-52-32-17-33-53-81)58-60-91(93)105-92-61-59-82(106(78-46-26-14-27-47-78)79-48-28-15-29-49-79)69-94(92)109(96-68-77(104(7,8)9)67-95(108)98(96)105)101-89(72-42-22-12-23-43-72)65-76(103(4,5)6)66-90(101)73-44-24-13-25-45-73/h10-69H,1-9H3/i14D,15D,16D,17D,26D,27D,28D,29D,30D,31D,32D,33D,46D,47D,48D,49D,50D,51D,52D,53D. The highest BCUT2D eigenvalue weighted by atomic mass is 15.2. The zero-order valence-corrected chi connectivity index (χ0v) is 62.0. The molecule has 526 valence electrons. The Morgan fingerprint density at radius 2 is 0.587 bits per heavy atom. The molecule has 0 spiro atoms. The number of rotatable bonds is 13. The SMILES string of the molecule is [2H]c1c([2H])c([2H])c(N(c2ccc3c(c2)N(c2c(-c4ccccc4)cc(C(C)(C)C)cc2-c2ccccc2)c2cc(C(C)(C)C)cc4c2B3c2ccc(-c3c5ccccc5c(N(c5c([2H])c([2H])c([2H])c([2H])c5[2H])c5c([2H])c([2H])c([2H])c([2H])c5[2H])c5ccccc35)cc2N4c2c(-c3ccccc3)cc(C(C)(C)C)cc2-c2ccccc2)c2c([2H])c([2H])c([2H])c([2H])c2[2H])c([2H])c1[2H]. The maximum atomic E-state index is 9.85. The van der Waals surface area contributed by atoms with Gasteiger partial charge in [-0.15, -0.1) is 0 Å². The van der Waals surface area contributed by atoms with E-state index in [4.69, 9.17) is 5.48 Å². The molecule has 0 aliphatic carbocycles. The van der Waals surface area contributed by atoms with Gasteiger partial charge < -0.3 is 19.6 Å². The molecule has 16 aromatic carbocycles. The molecule has 0 N–H and O–H groups in total. The second-order valence-electron chi connectivity index (χ2n) is 31.0. The van der Waals surface area contributed by atoms with Crippen LogP contribution in [0.4, 0.5) is 68.2 Å². The van der Waals surface area contributed by atoms with E-state index in [9.17, 15) is 21.9 Å². The molecule has 0 unspecified atom stereocenters. The smallest absolute Gasteiger partial charge is 0.252 e. The van der Waals surface area contributed by atoms with Crippen molar-refractivity contribution >= 4 is 113 Å². The molecule has 0 amide bonds. The van der Waals surface area contributed by atoms with Gasteiger partial charge >= 0.3 is 0 Å². The molecule has 0 saturated carbocycles. The Morgan fingerprint density at radius 1 is 0.275 bits per heavy atom. The molecule has 2 aliphatic rings. The van der Waals surface area contributed by atoms with Crippen LogP contribution in [-0.2, 0) is 16.2 Å². The first kappa shape index (κ1) is 49.2. The summed E-state index contributed by atoms with van der Waals surface area (Å²) in [5.41, 5.74) is 14.6. The zero-order valence-electron chi connectivity index (χ0n) is 82.0. The van der Waals surface area contributed by atoms with E-state index in [-0.39, 0.29) is 11.4 Å². The van der Waals surface area contributed by atoms with Gasteiger partial charge in [0.25, 0.3) is 6.71 Å². The number of fused-ring (bicyclic) bond motifs is 6. The molecule has 0 saturated heterocycles. The highest BCUT2D eigenvalue weighted by Crippen LogP contribution is 2.57. The minimum Gasteiger partial charge on any atom is -0.310 e. The maximum Gasteiger partial charge on any atom is 0.252 e. The Morgan fingerprint density at radius 3 is 0.945 bits per heavy atom. The molecular weight excluding hydrogens is 1320 g/mol. The Balaban J connectivity index is 1.05. The van der Waals surface area contributed by atoms with E-state index in [0.717, 1.165) is 89.2 Å². The number of hydrogen-bond donors (Lipinski definition) is 0. The van der Waals surface area contributed by atoms with Crippen molar-refractivity contribution in [2.45, 2.75) is 78.6 Å². The summed E-state index contributed by atoms with van der Waals surface area (Å²) in [6.45, 7) is 18.9. The molecule has 109 heavy (non-hydrogen) atoms. The Kier molecular flexibility index (Phi) is 12.3. The van der Waals surface area contributed by atoms with Crippen LogP contribution in [-0.4, -0.2) is 6.71 Å². The van der Waals surface area contributed by atoms with Crippen molar-refractivity contribution in [1.82, 2.24) is 0 Å². The lowest BCUT2D eigenvalue weighted by Gasteiger charge is -2.47. The van der Waals surface area contributed by atoms with Gasteiger partial charge in [-0.2, -0.15) is 0 Å². The fraction of sp³-hybridized carbons (Fsp3) is 0.115. The van der Waals surface area contributed by atoms with Crippen LogP contribution in [0.1, 0.15) is 106 Å². The minimum absolute atomic E-state index is 0.0751. The van der Waals surface area contributed by atoms with Crippen LogP contribution in [0.3, 0.4) is 0 Å². The second kappa shape index (κ2) is 27.3. The Labute approximate surface area is 671 Å². The molecule has 0 bridgehead atoms. The van der Waals surface area contributed by atoms with Gasteiger partial charge in [-0.1, -0.05) is 323 Å². The molecule has 0 aromatic heterocycles. The molecule has 2 aliphatic heterocycles. The maximum absolute atomic E-state index is 9.85. The third-order valence-electron chi connectivity index (χ3n) is 21.2. The van der Waals surface area contributed by atoms with Gasteiger partial charge in [0.2, 0.25) is 0 Å². The first-order valence-electron chi connectivity index (χ1n) is 46.8. The summed E-state index contributed by atoms with van der Waals surface area (Å²) >= 11 is 0. The molecular formula is C104H87BN4. The van der Waals surface area contributed by atoms with Crippen molar-refractivity contribution in [1.29, 1.82) is 0 Å². The van der Waals surface area contributed by atoms with Crippen LogP contribution in [0.2, 0.25) is 0 Å². The normalized spacial score (nSPS) is 15.1. The predicted molar refractivity (Wildman–Crippen MR) is 468 cm³/mol. The second-order valence-corrected chi connectivity index (χ2v) is 31.0. The lowest BCUT2D eigenvalue weighted by atomic mass is 9.33. The number of nitrogens with zero attached hydrogens (tertiary/aromatic N) is 4. The first-order valence-corrected chi connectivity index (χ1v) is 36.8. The monoisotopic (exact) mass is 1420 g/mol. The highest BCUT2D eigenvalue weighted by Gasteiger charge is 2.47. The van der Waals surface area contributed by atoms with E-state index in [1.807, 2.05) is 121 Å². The fourth-order valence-electron chi connectivity index (χ4n) is 15.9. The quantitative estimate of drug-likeness (QED) is 0.0842. The number of benzene rings is 16. The van der Waals surface area contributed by atoms with E-state index in [1.54, 1.807) is 18.2 Å². The van der Waals surface area contributed by atoms with Crippen LogP contribution < -0.4 is 36.0 Å². The highest BCUT2D eigenvalue weighted by molar-refractivity contribution is 7.00. The van der Waals surface area contributed by atoms with E-state index >= 15 is 0 Å². The van der Waals surface area contributed by atoms with E-state index in [2.05, 4.69) is 175 Å². The topological polar surface area (TPSA) is 13.0 Å². The van der Waals surface area contributed by atoms with Gasteiger partial charge in [0, 0.05) is 84.2 Å². The summed E-state index contributed by atoms with van der Waals surface area (Å²) in [5.74, 6) is 0. The van der Waals surface area contributed by atoms with Crippen LogP contribution in [0, 0.1) is 0 Å². The third kappa shape index (κ3) is 12.2. The van der Waals surface area contributed by atoms with Crippen molar-refractivity contribution in [2.75, 3.05) is 19.6 Å². The summed E-state index contributed by atoms with van der Waals surface area (Å²) in [7, 11) is 0. The summed E-state index contributed by atoms with van der Waals surface area (Å²) in [5, 5.41) is 1.96. The minimum atomic E-state index is -0.790. The van der Waals surface area contributed by atoms with Crippen molar-refractivity contribution < 1.29 is 27.4 Å². The third-order valence-corrected chi connectivity index (χ3v) is 21.2. The van der Waals surface area contributed by atoms with E-state index in [1.165, 1.54) is 9.80 Å². The van der Waals surface area contributed by atoms with Crippen LogP contribution in [0.15, 0.2) is 364 Å². The average Bonchev–Trinajstić information content (AvgIpc) is 0.678. The van der Waals surface area contributed by atoms with Crippen molar-refractivity contribution in [2.24, 2.45) is 0 Å². The Bertz CT molecular complexity index is 6970. The van der Waals surface area contributed by atoms with Gasteiger partial charge in [-0.25, -0.2) is 0 Å². The molecule has 4 nitrogen and oxygen atoms in total. The van der Waals surface area contributed by atoms with Gasteiger partial charge in [-0.3, -0.25) is 0 Å². The summed E-state index contributed by atoms with van der Waals surface area (Å²) in [6, 6.07) is 67.5. The van der Waals surface area contributed by atoms with Crippen molar-refractivity contribution in [3.63, 3.8) is 0 Å². The van der Waals surface area contributed by atoms with E-state index in [0.29, 0.717) is 55.2 Å². The molecule has 0 radical (unpaired) electrons. The van der Waals surface area contributed by atoms with Crippen molar-refractivity contribution in [3.05, 3.63) is 380 Å². The lowest BCUT2D eigenvalue weighted by molar-refractivity contribution is 0.590. The number of para-hydroxylation sites is 4.